The minimum atomic E-state index is 0.188. The normalized spacial score (nSPS) is 11.6. The fourth-order valence-electron chi connectivity index (χ4n) is 2.00. The van der Waals surface area contributed by atoms with Crippen molar-refractivity contribution >= 4 is 11.4 Å². The summed E-state index contributed by atoms with van der Waals surface area (Å²) >= 11 is 0. The van der Waals surface area contributed by atoms with Crippen LogP contribution in [0.1, 0.15) is 29.7 Å². The molecule has 3 nitrogen and oxygen atoms in total. The van der Waals surface area contributed by atoms with E-state index in [1.807, 2.05) is 49.4 Å². The van der Waals surface area contributed by atoms with Gasteiger partial charge in [0.15, 0.2) is 0 Å². The standard InChI is InChI=1S/C16H17N3/c1-11-9-16(8-5-14(11)10-17)19-12(2)13-3-6-15(18)7-4-13/h3-9,12,19H,18H2,1-2H3. The van der Waals surface area contributed by atoms with Gasteiger partial charge < -0.3 is 11.1 Å². The maximum absolute atomic E-state index is 8.91. The topological polar surface area (TPSA) is 61.8 Å². The smallest absolute Gasteiger partial charge is 0.0994 e. The van der Waals surface area contributed by atoms with Crippen molar-refractivity contribution < 1.29 is 0 Å². The van der Waals surface area contributed by atoms with Gasteiger partial charge in [-0.15, -0.1) is 0 Å². The van der Waals surface area contributed by atoms with Crippen molar-refractivity contribution in [1.82, 2.24) is 0 Å². The molecule has 0 saturated heterocycles. The molecule has 2 aromatic rings. The van der Waals surface area contributed by atoms with Gasteiger partial charge in [-0.25, -0.2) is 0 Å². The van der Waals surface area contributed by atoms with Crippen LogP contribution in [0.4, 0.5) is 11.4 Å². The number of rotatable bonds is 3. The zero-order valence-corrected chi connectivity index (χ0v) is 11.1. The van der Waals surface area contributed by atoms with Gasteiger partial charge in [-0.1, -0.05) is 12.1 Å². The molecule has 19 heavy (non-hydrogen) atoms. The van der Waals surface area contributed by atoms with Crippen molar-refractivity contribution in [3.05, 3.63) is 59.2 Å². The van der Waals surface area contributed by atoms with E-state index < -0.39 is 0 Å². The fraction of sp³-hybridized carbons (Fsp3) is 0.188. The van der Waals surface area contributed by atoms with Crippen LogP contribution in [0.2, 0.25) is 0 Å². The molecule has 96 valence electrons. The first-order valence-corrected chi connectivity index (χ1v) is 6.23. The van der Waals surface area contributed by atoms with E-state index in [4.69, 9.17) is 11.0 Å². The van der Waals surface area contributed by atoms with Crippen molar-refractivity contribution in [3.8, 4) is 6.07 Å². The summed E-state index contributed by atoms with van der Waals surface area (Å²) in [5.74, 6) is 0. The van der Waals surface area contributed by atoms with Gasteiger partial charge in [0.25, 0.3) is 0 Å². The van der Waals surface area contributed by atoms with Crippen LogP contribution >= 0.6 is 0 Å². The average molecular weight is 251 g/mol. The average Bonchev–Trinajstić information content (AvgIpc) is 2.39. The number of benzene rings is 2. The molecule has 0 spiro atoms. The third-order valence-corrected chi connectivity index (χ3v) is 3.17. The minimum absolute atomic E-state index is 0.188. The van der Waals surface area contributed by atoms with Crippen LogP contribution in [0.5, 0.6) is 0 Å². The molecule has 0 radical (unpaired) electrons. The lowest BCUT2D eigenvalue weighted by Crippen LogP contribution is -2.06. The zero-order valence-electron chi connectivity index (χ0n) is 11.1. The molecule has 0 aliphatic heterocycles. The van der Waals surface area contributed by atoms with Crippen molar-refractivity contribution in [2.75, 3.05) is 11.1 Å². The molecule has 0 bridgehead atoms. The Morgan fingerprint density at radius 2 is 1.84 bits per heavy atom. The Labute approximate surface area is 113 Å². The Morgan fingerprint density at radius 1 is 1.16 bits per heavy atom. The van der Waals surface area contributed by atoms with Gasteiger partial charge in [-0.05, 0) is 55.3 Å². The Kier molecular flexibility index (Phi) is 3.72. The highest BCUT2D eigenvalue weighted by molar-refractivity contribution is 5.53. The summed E-state index contributed by atoms with van der Waals surface area (Å²) in [7, 11) is 0. The van der Waals surface area contributed by atoms with E-state index in [0.717, 1.165) is 16.9 Å². The monoisotopic (exact) mass is 251 g/mol. The van der Waals surface area contributed by atoms with Gasteiger partial charge >= 0.3 is 0 Å². The number of anilines is 2. The van der Waals surface area contributed by atoms with Crippen LogP contribution in [0.3, 0.4) is 0 Å². The predicted octanol–water partition coefficient (Wildman–Crippen LogP) is 3.62. The number of hydrogen-bond donors (Lipinski definition) is 2. The van der Waals surface area contributed by atoms with E-state index in [1.165, 1.54) is 5.56 Å². The summed E-state index contributed by atoms with van der Waals surface area (Å²) in [5.41, 5.74) is 10.3. The minimum Gasteiger partial charge on any atom is -0.399 e. The second kappa shape index (κ2) is 5.45. The van der Waals surface area contributed by atoms with E-state index in [0.29, 0.717) is 5.56 Å². The highest BCUT2D eigenvalue weighted by Gasteiger charge is 2.06. The van der Waals surface area contributed by atoms with Crippen LogP contribution in [-0.2, 0) is 0 Å². The van der Waals surface area contributed by atoms with Gasteiger partial charge in [0.05, 0.1) is 11.6 Å². The maximum Gasteiger partial charge on any atom is 0.0994 e. The second-order valence-electron chi connectivity index (χ2n) is 4.67. The number of nitrogen functional groups attached to an aromatic ring is 1. The number of nitrogens with zero attached hydrogens (tertiary/aromatic N) is 1. The Balaban J connectivity index is 2.15. The van der Waals surface area contributed by atoms with E-state index >= 15 is 0 Å². The number of hydrogen-bond acceptors (Lipinski definition) is 3. The molecule has 0 aromatic heterocycles. The fourth-order valence-corrected chi connectivity index (χ4v) is 2.00. The van der Waals surface area contributed by atoms with Gasteiger partial charge in [-0.3, -0.25) is 0 Å². The predicted molar refractivity (Wildman–Crippen MR) is 78.8 cm³/mol. The van der Waals surface area contributed by atoms with Crippen LogP contribution in [-0.4, -0.2) is 0 Å². The number of nitrogens with one attached hydrogen (secondary N) is 1. The molecule has 0 heterocycles. The van der Waals surface area contributed by atoms with Gasteiger partial charge in [0.1, 0.15) is 0 Å². The molecule has 3 heteroatoms. The molecule has 0 aliphatic carbocycles. The highest BCUT2D eigenvalue weighted by atomic mass is 14.9. The maximum atomic E-state index is 8.91. The lowest BCUT2D eigenvalue weighted by molar-refractivity contribution is 0.885. The van der Waals surface area contributed by atoms with Crippen molar-refractivity contribution in [2.24, 2.45) is 0 Å². The summed E-state index contributed by atoms with van der Waals surface area (Å²) in [6.07, 6.45) is 0. The first-order valence-electron chi connectivity index (χ1n) is 6.23. The molecule has 0 amide bonds. The highest BCUT2D eigenvalue weighted by Crippen LogP contribution is 2.22. The molecule has 1 unspecified atom stereocenters. The molecular weight excluding hydrogens is 234 g/mol. The summed E-state index contributed by atoms with van der Waals surface area (Å²) in [6.45, 7) is 4.04. The quantitative estimate of drug-likeness (QED) is 0.819. The van der Waals surface area contributed by atoms with E-state index in [2.05, 4.69) is 18.3 Å². The molecular formula is C16H17N3. The van der Waals surface area contributed by atoms with Crippen LogP contribution < -0.4 is 11.1 Å². The summed E-state index contributed by atoms with van der Waals surface area (Å²) in [5, 5.41) is 12.3. The molecule has 2 rings (SSSR count). The summed E-state index contributed by atoms with van der Waals surface area (Å²) in [6, 6.07) is 16.0. The molecule has 0 fully saturated rings. The molecule has 1 atom stereocenters. The van der Waals surface area contributed by atoms with Crippen LogP contribution in [0.15, 0.2) is 42.5 Å². The van der Waals surface area contributed by atoms with Gasteiger partial charge in [0, 0.05) is 17.4 Å². The lowest BCUT2D eigenvalue weighted by atomic mass is 10.1. The van der Waals surface area contributed by atoms with Crippen molar-refractivity contribution in [3.63, 3.8) is 0 Å². The molecule has 2 aromatic carbocycles. The Morgan fingerprint density at radius 3 is 2.42 bits per heavy atom. The van der Waals surface area contributed by atoms with E-state index in [1.54, 1.807) is 0 Å². The van der Waals surface area contributed by atoms with Crippen LogP contribution in [0, 0.1) is 18.3 Å². The number of nitrogens with two attached hydrogens (primary N) is 1. The van der Waals surface area contributed by atoms with Crippen molar-refractivity contribution in [1.29, 1.82) is 5.26 Å². The Hall–Kier alpha value is -2.47. The third-order valence-electron chi connectivity index (χ3n) is 3.17. The largest absolute Gasteiger partial charge is 0.399 e. The van der Waals surface area contributed by atoms with E-state index in [9.17, 15) is 0 Å². The molecule has 0 saturated carbocycles. The Bertz CT molecular complexity index is 609. The first-order chi connectivity index (χ1) is 9.10. The second-order valence-corrected chi connectivity index (χ2v) is 4.67. The first kappa shape index (κ1) is 13.0. The van der Waals surface area contributed by atoms with Crippen LogP contribution in [0.25, 0.3) is 0 Å². The third kappa shape index (κ3) is 3.05. The zero-order chi connectivity index (χ0) is 13.8. The summed E-state index contributed by atoms with van der Waals surface area (Å²) < 4.78 is 0. The number of nitriles is 1. The lowest BCUT2D eigenvalue weighted by Gasteiger charge is -2.16. The molecule has 0 aliphatic rings. The van der Waals surface area contributed by atoms with Gasteiger partial charge in [0.2, 0.25) is 0 Å². The summed E-state index contributed by atoms with van der Waals surface area (Å²) in [4.78, 5) is 0. The van der Waals surface area contributed by atoms with Gasteiger partial charge in [-0.2, -0.15) is 5.26 Å². The van der Waals surface area contributed by atoms with E-state index in [-0.39, 0.29) is 6.04 Å². The SMILES string of the molecule is Cc1cc(NC(C)c2ccc(N)cc2)ccc1C#N. The number of aryl methyl sites for hydroxylation is 1. The molecule has 3 N–H and O–H groups in total. The van der Waals surface area contributed by atoms with Crippen molar-refractivity contribution in [2.45, 2.75) is 19.9 Å².